The van der Waals surface area contributed by atoms with Crippen LogP contribution in [0.3, 0.4) is 0 Å². The molecule has 10 heteroatoms. The number of methoxy groups -OCH3 is 1. The van der Waals surface area contributed by atoms with Gasteiger partial charge in [0, 0.05) is 0 Å². The number of esters is 1. The predicted octanol–water partition coefficient (Wildman–Crippen LogP) is 4.95. The van der Waals surface area contributed by atoms with E-state index in [1.54, 1.807) is 49.4 Å². The van der Waals surface area contributed by atoms with Crippen LogP contribution in [0, 0.1) is 11.3 Å². The van der Waals surface area contributed by atoms with Crippen LogP contribution in [0.5, 0.6) is 11.5 Å². The van der Waals surface area contributed by atoms with Gasteiger partial charge in [0.1, 0.15) is 22.4 Å². The van der Waals surface area contributed by atoms with Gasteiger partial charge in [-0.15, -0.1) is 0 Å². The van der Waals surface area contributed by atoms with Crippen molar-refractivity contribution >= 4 is 46.4 Å². The molecule has 174 valence electrons. The fraction of sp³-hybridized carbons (Fsp3) is 0.167. The lowest BCUT2D eigenvalue weighted by molar-refractivity contribution is -0.138. The maximum Gasteiger partial charge on any atom is 0.344 e. The van der Waals surface area contributed by atoms with Crippen molar-refractivity contribution in [2.75, 3.05) is 20.3 Å². The van der Waals surface area contributed by atoms with Crippen molar-refractivity contribution in [2.24, 2.45) is 4.99 Å². The molecule has 0 unspecified atom stereocenters. The lowest BCUT2D eigenvalue weighted by Gasteiger charge is -2.09. The number of halogens is 1. The van der Waals surface area contributed by atoms with Crippen LogP contribution >= 0.6 is 23.4 Å². The number of rotatable bonds is 7. The summed E-state index contributed by atoms with van der Waals surface area (Å²) >= 11 is 7.03. The molecule has 0 spiro atoms. The second kappa shape index (κ2) is 11.4. The van der Waals surface area contributed by atoms with Crippen LogP contribution in [0.1, 0.15) is 22.8 Å². The average molecular weight is 499 g/mol. The Bertz CT molecular complexity index is 1260. The predicted molar refractivity (Wildman–Crippen MR) is 129 cm³/mol. The number of aliphatic hydroxyl groups is 1. The largest absolute Gasteiger partial charge is 0.506 e. The topological polar surface area (TPSA) is 118 Å². The summed E-state index contributed by atoms with van der Waals surface area (Å²) in [5.74, 6) is -1.07. The van der Waals surface area contributed by atoms with Crippen molar-refractivity contribution in [1.82, 2.24) is 0 Å². The molecule has 0 saturated heterocycles. The number of ether oxygens (including phenoxy) is 3. The zero-order chi connectivity index (χ0) is 24.7. The van der Waals surface area contributed by atoms with Crippen LogP contribution in [-0.4, -0.2) is 42.4 Å². The van der Waals surface area contributed by atoms with Crippen molar-refractivity contribution in [3.8, 4) is 17.6 Å². The molecular formula is C24H19ClN2O6S. The van der Waals surface area contributed by atoms with E-state index in [0.29, 0.717) is 17.1 Å². The van der Waals surface area contributed by atoms with Crippen LogP contribution in [0.15, 0.2) is 63.7 Å². The number of nitriles is 1. The van der Waals surface area contributed by atoms with Gasteiger partial charge < -0.3 is 19.3 Å². The Kier molecular flexibility index (Phi) is 8.35. The summed E-state index contributed by atoms with van der Waals surface area (Å²) in [5.41, 5.74) is 0.562. The molecule has 0 aliphatic carbocycles. The summed E-state index contributed by atoms with van der Waals surface area (Å²) < 4.78 is 15.7. The maximum atomic E-state index is 12.7. The van der Waals surface area contributed by atoms with Crippen LogP contribution in [0.25, 0.3) is 6.08 Å². The van der Waals surface area contributed by atoms with Crippen molar-refractivity contribution in [1.29, 1.82) is 5.26 Å². The van der Waals surface area contributed by atoms with Crippen molar-refractivity contribution in [3.63, 3.8) is 0 Å². The molecule has 2 aromatic rings. The molecule has 1 aliphatic heterocycles. The standard InChI is InChI=1S/C24H19ClN2O6S/c1-3-32-24(30)20-21(28)19(13-14-8-9-17(33-11-10-26)18(12-14)31-2)34-23(20)27-22(29)15-6-4-5-7-16(15)25/h4-9,12-13,28H,3,11H2,1-2H3/b19-13-,27-23?. The van der Waals surface area contributed by atoms with Gasteiger partial charge >= 0.3 is 5.97 Å². The summed E-state index contributed by atoms with van der Waals surface area (Å²) in [4.78, 5) is 29.6. The van der Waals surface area contributed by atoms with Crippen LogP contribution in [0.4, 0.5) is 0 Å². The first-order valence-corrected chi connectivity index (χ1v) is 11.1. The number of amides is 1. The summed E-state index contributed by atoms with van der Waals surface area (Å²) in [5, 5.41) is 19.7. The Labute approximate surface area is 205 Å². The molecule has 0 saturated carbocycles. The molecule has 1 aliphatic rings. The van der Waals surface area contributed by atoms with Crippen molar-refractivity contribution in [2.45, 2.75) is 6.92 Å². The van der Waals surface area contributed by atoms with Gasteiger partial charge in [-0.25, -0.2) is 9.79 Å². The van der Waals surface area contributed by atoms with E-state index < -0.39 is 11.9 Å². The first-order chi connectivity index (χ1) is 16.4. The quantitative estimate of drug-likeness (QED) is 0.532. The number of carbonyl (C=O) groups is 2. The molecule has 0 aromatic heterocycles. The van der Waals surface area contributed by atoms with Gasteiger partial charge in [0.15, 0.2) is 18.1 Å². The first kappa shape index (κ1) is 24.9. The molecule has 8 nitrogen and oxygen atoms in total. The Morgan fingerprint density at radius 3 is 2.68 bits per heavy atom. The maximum absolute atomic E-state index is 12.7. The van der Waals surface area contributed by atoms with Crippen molar-refractivity contribution in [3.05, 3.63) is 74.9 Å². The summed E-state index contributed by atoms with van der Waals surface area (Å²) in [6, 6.07) is 13.2. The highest BCUT2D eigenvalue weighted by atomic mass is 35.5. The highest BCUT2D eigenvalue weighted by molar-refractivity contribution is 8.18. The average Bonchev–Trinajstić information content (AvgIpc) is 3.12. The smallest absolute Gasteiger partial charge is 0.344 e. The molecule has 34 heavy (non-hydrogen) atoms. The van der Waals surface area contributed by atoms with Crippen LogP contribution < -0.4 is 9.47 Å². The number of benzene rings is 2. The Balaban J connectivity index is 2.01. The SMILES string of the molecule is CCOC(=O)C1=C(O)/C(=C/c2ccc(OCC#N)c(OC)c2)SC1=NC(=O)c1ccccc1Cl. The van der Waals surface area contributed by atoms with Gasteiger partial charge in [-0.05, 0) is 42.8 Å². The third-order valence-corrected chi connectivity index (χ3v) is 5.80. The summed E-state index contributed by atoms with van der Waals surface area (Å²) in [6.07, 6.45) is 1.60. The molecule has 0 radical (unpaired) electrons. The van der Waals surface area contributed by atoms with E-state index in [1.807, 2.05) is 6.07 Å². The number of aliphatic hydroxyl groups excluding tert-OH is 1. The summed E-state index contributed by atoms with van der Waals surface area (Å²) in [6.45, 7) is 1.56. The molecule has 1 N–H and O–H groups in total. The van der Waals surface area contributed by atoms with Gasteiger partial charge in [0.05, 0.1) is 29.2 Å². The van der Waals surface area contributed by atoms with Gasteiger partial charge in [0.2, 0.25) is 0 Å². The number of hydrogen-bond acceptors (Lipinski definition) is 8. The Morgan fingerprint density at radius 1 is 1.24 bits per heavy atom. The van der Waals surface area contributed by atoms with Gasteiger partial charge in [0.25, 0.3) is 5.91 Å². The number of nitrogens with zero attached hydrogens (tertiary/aromatic N) is 2. The second-order valence-corrected chi connectivity index (χ2v) is 8.05. The highest BCUT2D eigenvalue weighted by Crippen LogP contribution is 2.40. The lowest BCUT2D eigenvalue weighted by atomic mass is 10.1. The van der Waals surface area contributed by atoms with E-state index in [0.717, 1.165) is 11.8 Å². The molecule has 1 heterocycles. The van der Waals surface area contributed by atoms with Crippen LogP contribution in [-0.2, 0) is 9.53 Å². The highest BCUT2D eigenvalue weighted by Gasteiger charge is 2.34. The molecular weight excluding hydrogens is 480 g/mol. The minimum absolute atomic E-state index is 0.00643. The van der Waals surface area contributed by atoms with Crippen LogP contribution in [0.2, 0.25) is 5.02 Å². The van der Waals surface area contributed by atoms with Gasteiger partial charge in [-0.2, -0.15) is 5.26 Å². The number of aliphatic imine (C=N–C) groups is 1. The molecule has 0 fully saturated rings. The zero-order valence-electron chi connectivity index (χ0n) is 18.2. The number of hydrogen-bond donors (Lipinski definition) is 1. The molecule has 2 aromatic carbocycles. The summed E-state index contributed by atoms with van der Waals surface area (Å²) in [7, 11) is 1.46. The van der Waals surface area contributed by atoms with E-state index in [-0.39, 0.29) is 45.1 Å². The third kappa shape index (κ3) is 5.60. The molecule has 0 bridgehead atoms. The van der Waals surface area contributed by atoms with E-state index in [1.165, 1.54) is 13.2 Å². The minimum Gasteiger partial charge on any atom is -0.506 e. The lowest BCUT2D eigenvalue weighted by Crippen LogP contribution is -2.14. The minimum atomic E-state index is -0.806. The Morgan fingerprint density at radius 2 is 2.00 bits per heavy atom. The molecule has 0 atom stereocenters. The normalized spacial score (nSPS) is 15.4. The fourth-order valence-corrected chi connectivity index (χ4v) is 4.16. The van der Waals surface area contributed by atoms with Gasteiger partial charge in [-0.1, -0.05) is 41.6 Å². The van der Waals surface area contributed by atoms with E-state index in [2.05, 4.69) is 4.99 Å². The van der Waals surface area contributed by atoms with E-state index >= 15 is 0 Å². The molecule has 3 rings (SSSR count). The third-order valence-electron chi connectivity index (χ3n) is 4.46. The molecule has 1 amide bonds. The van der Waals surface area contributed by atoms with Gasteiger partial charge in [-0.3, -0.25) is 4.79 Å². The fourth-order valence-electron chi connectivity index (χ4n) is 2.93. The number of thioether (sulfide) groups is 1. The van der Waals surface area contributed by atoms with Crippen molar-refractivity contribution < 1.29 is 28.9 Å². The Hall–Kier alpha value is -3.74. The zero-order valence-corrected chi connectivity index (χ0v) is 19.8. The van der Waals surface area contributed by atoms with E-state index in [9.17, 15) is 14.7 Å². The van der Waals surface area contributed by atoms with E-state index in [4.69, 9.17) is 31.1 Å². The first-order valence-electron chi connectivity index (χ1n) is 9.95. The monoisotopic (exact) mass is 498 g/mol. The second-order valence-electron chi connectivity index (χ2n) is 6.61. The number of carbonyl (C=O) groups excluding carboxylic acids is 2.